The summed E-state index contributed by atoms with van der Waals surface area (Å²) < 4.78 is 0. The van der Waals surface area contributed by atoms with Crippen LogP contribution in [0.15, 0.2) is 0 Å². The lowest BCUT2D eigenvalue weighted by atomic mass is 9.84. The number of hydrogen-bond donors (Lipinski definition) is 1. The number of hydrogen-bond acceptors (Lipinski definition) is 3. The van der Waals surface area contributed by atoms with Gasteiger partial charge in [0.05, 0.1) is 0 Å². The van der Waals surface area contributed by atoms with Crippen LogP contribution in [0.5, 0.6) is 0 Å². The smallest absolute Gasteiger partial charge is 0.245 e. The first-order chi connectivity index (χ1) is 15.9. The van der Waals surface area contributed by atoms with Crippen LogP contribution in [0.2, 0.25) is 0 Å². The van der Waals surface area contributed by atoms with Crippen molar-refractivity contribution in [1.29, 1.82) is 0 Å². The maximum atomic E-state index is 13.5. The van der Waals surface area contributed by atoms with E-state index in [-0.39, 0.29) is 41.0 Å². The van der Waals surface area contributed by atoms with Crippen molar-refractivity contribution in [1.82, 2.24) is 15.1 Å². The largest absolute Gasteiger partial charge is 0.344 e. The molecule has 0 spiro atoms. The molecule has 4 atom stereocenters. The Bertz CT molecular complexity index is 681. The zero-order valence-electron chi connectivity index (χ0n) is 23.0. The van der Waals surface area contributed by atoms with Gasteiger partial charge in [0.25, 0.3) is 0 Å². The lowest BCUT2D eigenvalue weighted by Crippen LogP contribution is -2.60. The molecule has 1 N–H and O–H groups in total. The second kappa shape index (κ2) is 12.9. The lowest BCUT2D eigenvalue weighted by Gasteiger charge is -2.42. The van der Waals surface area contributed by atoms with Gasteiger partial charge in [-0.3, -0.25) is 14.4 Å². The minimum absolute atomic E-state index is 0.00363. The van der Waals surface area contributed by atoms with E-state index in [1.807, 2.05) is 23.6 Å². The number of carbonyl (C=O) groups is 3. The van der Waals surface area contributed by atoms with Crippen molar-refractivity contribution < 1.29 is 14.4 Å². The standard InChI is InChI=1S/C28H51N3O3/c1-8-21(3)26(29-24(32)17-20(2)18-28(5,6)7)27(34)30-15-16-31(22(4)19-30)25(33)14-13-23-11-9-10-12-23/h20-23,26H,8-19H2,1-7H3,(H,29,32). The number of carbonyl (C=O) groups excluding carboxylic acids is 3. The molecule has 196 valence electrons. The molecule has 1 heterocycles. The minimum Gasteiger partial charge on any atom is -0.344 e. The molecule has 0 radical (unpaired) electrons. The Morgan fingerprint density at radius 1 is 1.06 bits per heavy atom. The first kappa shape index (κ1) is 28.6. The molecule has 3 amide bonds. The molecule has 1 saturated carbocycles. The highest BCUT2D eigenvalue weighted by Gasteiger charge is 2.35. The maximum absolute atomic E-state index is 13.5. The van der Waals surface area contributed by atoms with Crippen LogP contribution in [0, 0.1) is 23.2 Å². The van der Waals surface area contributed by atoms with E-state index in [4.69, 9.17) is 0 Å². The summed E-state index contributed by atoms with van der Waals surface area (Å²) >= 11 is 0. The Labute approximate surface area is 208 Å². The Kier molecular flexibility index (Phi) is 10.9. The Morgan fingerprint density at radius 2 is 1.71 bits per heavy atom. The molecule has 34 heavy (non-hydrogen) atoms. The van der Waals surface area contributed by atoms with Crippen LogP contribution < -0.4 is 5.32 Å². The summed E-state index contributed by atoms with van der Waals surface area (Å²) in [5.74, 6) is 1.24. The first-order valence-electron chi connectivity index (χ1n) is 13.8. The van der Waals surface area contributed by atoms with Crippen molar-refractivity contribution in [3.05, 3.63) is 0 Å². The molecule has 0 aromatic rings. The van der Waals surface area contributed by atoms with Crippen molar-refractivity contribution in [3.8, 4) is 0 Å². The zero-order valence-corrected chi connectivity index (χ0v) is 23.0. The average Bonchev–Trinajstić information content (AvgIpc) is 3.27. The zero-order chi connectivity index (χ0) is 25.5. The van der Waals surface area contributed by atoms with E-state index >= 15 is 0 Å². The van der Waals surface area contributed by atoms with Gasteiger partial charge in [-0.2, -0.15) is 0 Å². The number of rotatable bonds is 10. The molecule has 4 unspecified atom stereocenters. The van der Waals surface area contributed by atoms with Crippen LogP contribution in [-0.2, 0) is 14.4 Å². The molecule has 2 aliphatic rings. The molecule has 0 aromatic carbocycles. The van der Waals surface area contributed by atoms with Gasteiger partial charge in [-0.15, -0.1) is 0 Å². The molecule has 2 fully saturated rings. The van der Waals surface area contributed by atoms with Crippen molar-refractivity contribution in [2.45, 2.75) is 118 Å². The third kappa shape index (κ3) is 8.88. The quantitative estimate of drug-likeness (QED) is 0.481. The highest BCUT2D eigenvalue weighted by atomic mass is 16.2. The first-order valence-corrected chi connectivity index (χ1v) is 13.8. The van der Waals surface area contributed by atoms with Crippen LogP contribution in [-0.4, -0.2) is 59.2 Å². The van der Waals surface area contributed by atoms with Gasteiger partial charge in [-0.1, -0.05) is 73.6 Å². The fourth-order valence-corrected chi connectivity index (χ4v) is 5.84. The molecule has 1 saturated heterocycles. The summed E-state index contributed by atoms with van der Waals surface area (Å²) in [6, 6.07) is -0.495. The van der Waals surface area contributed by atoms with Crippen LogP contribution in [0.3, 0.4) is 0 Å². The van der Waals surface area contributed by atoms with E-state index in [1.165, 1.54) is 25.7 Å². The molecule has 2 rings (SSSR count). The Balaban J connectivity index is 1.91. The highest BCUT2D eigenvalue weighted by Crippen LogP contribution is 2.29. The summed E-state index contributed by atoms with van der Waals surface area (Å²) in [6.07, 6.45) is 9.00. The molecule has 0 aromatic heterocycles. The molecule has 6 heteroatoms. The van der Waals surface area contributed by atoms with E-state index in [2.05, 4.69) is 39.9 Å². The van der Waals surface area contributed by atoms with Crippen molar-refractivity contribution in [2.24, 2.45) is 23.2 Å². The summed E-state index contributed by atoms with van der Waals surface area (Å²) in [5.41, 5.74) is 0.177. The fraction of sp³-hybridized carbons (Fsp3) is 0.893. The lowest BCUT2D eigenvalue weighted by molar-refractivity contribution is -0.145. The minimum atomic E-state index is -0.504. The molecule has 6 nitrogen and oxygen atoms in total. The molecular weight excluding hydrogens is 426 g/mol. The summed E-state index contributed by atoms with van der Waals surface area (Å²) in [7, 11) is 0. The van der Waals surface area contributed by atoms with Gasteiger partial charge < -0.3 is 15.1 Å². The van der Waals surface area contributed by atoms with E-state index in [1.54, 1.807) is 0 Å². The molecular formula is C28H51N3O3. The predicted octanol–water partition coefficient (Wildman–Crippen LogP) is 5.01. The molecule has 1 aliphatic carbocycles. The maximum Gasteiger partial charge on any atom is 0.245 e. The number of nitrogens with one attached hydrogen (secondary N) is 1. The van der Waals surface area contributed by atoms with E-state index in [0.717, 1.165) is 19.3 Å². The second-order valence-corrected chi connectivity index (χ2v) is 12.4. The van der Waals surface area contributed by atoms with Crippen LogP contribution in [0.4, 0.5) is 0 Å². The van der Waals surface area contributed by atoms with Crippen molar-refractivity contribution in [3.63, 3.8) is 0 Å². The Morgan fingerprint density at radius 3 is 2.26 bits per heavy atom. The SMILES string of the molecule is CCC(C)C(NC(=O)CC(C)CC(C)(C)C)C(=O)N1CCN(C(=O)CCC2CCCC2)C(C)C1. The van der Waals surface area contributed by atoms with E-state index in [9.17, 15) is 14.4 Å². The van der Waals surface area contributed by atoms with Gasteiger partial charge >= 0.3 is 0 Å². The van der Waals surface area contributed by atoms with Crippen LogP contribution in [0.25, 0.3) is 0 Å². The van der Waals surface area contributed by atoms with Crippen molar-refractivity contribution >= 4 is 17.7 Å². The number of amides is 3. The normalized spacial score (nSPS) is 22.4. The van der Waals surface area contributed by atoms with Gasteiger partial charge in [-0.25, -0.2) is 0 Å². The van der Waals surface area contributed by atoms with Crippen LogP contribution >= 0.6 is 0 Å². The van der Waals surface area contributed by atoms with Gasteiger partial charge in [0, 0.05) is 38.5 Å². The number of piperazine rings is 1. The fourth-order valence-electron chi connectivity index (χ4n) is 5.84. The average molecular weight is 478 g/mol. The van der Waals surface area contributed by atoms with E-state index in [0.29, 0.717) is 38.4 Å². The Hall–Kier alpha value is -1.59. The monoisotopic (exact) mass is 477 g/mol. The molecule has 1 aliphatic heterocycles. The highest BCUT2D eigenvalue weighted by molar-refractivity contribution is 5.88. The summed E-state index contributed by atoms with van der Waals surface area (Å²) in [4.78, 5) is 43.0. The third-order valence-corrected chi connectivity index (χ3v) is 7.79. The topological polar surface area (TPSA) is 69.7 Å². The van der Waals surface area contributed by atoms with Gasteiger partial charge in [0.2, 0.25) is 17.7 Å². The third-order valence-electron chi connectivity index (χ3n) is 7.79. The van der Waals surface area contributed by atoms with Gasteiger partial charge in [0.15, 0.2) is 0 Å². The summed E-state index contributed by atoms with van der Waals surface area (Å²) in [5, 5.41) is 3.07. The number of nitrogens with zero attached hydrogens (tertiary/aromatic N) is 2. The molecule has 0 bridgehead atoms. The van der Waals surface area contributed by atoms with Crippen molar-refractivity contribution in [2.75, 3.05) is 19.6 Å². The second-order valence-electron chi connectivity index (χ2n) is 12.4. The van der Waals surface area contributed by atoms with Gasteiger partial charge in [0.1, 0.15) is 6.04 Å². The summed E-state index contributed by atoms with van der Waals surface area (Å²) in [6.45, 7) is 16.5. The van der Waals surface area contributed by atoms with Crippen LogP contribution in [0.1, 0.15) is 106 Å². The predicted molar refractivity (Wildman–Crippen MR) is 138 cm³/mol. The van der Waals surface area contributed by atoms with E-state index < -0.39 is 6.04 Å². The van der Waals surface area contributed by atoms with Gasteiger partial charge in [-0.05, 0) is 42.9 Å².